The maximum Gasteiger partial charge on any atom is 0.318 e. The molecule has 0 fully saturated rings. The number of aliphatic imine (C=N–C) groups is 1. The smallest absolute Gasteiger partial charge is 0.318 e. The fourth-order valence-corrected chi connectivity index (χ4v) is 1.68. The van der Waals surface area contributed by atoms with Gasteiger partial charge in [-0.05, 0) is 12.1 Å². The Hall–Kier alpha value is -2.63. The summed E-state index contributed by atoms with van der Waals surface area (Å²) in [4.78, 5) is 19.1. The van der Waals surface area contributed by atoms with Gasteiger partial charge in [0.2, 0.25) is 0 Å². The molecule has 0 radical (unpaired) electrons. The molecule has 1 aromatic heterocycles. The first-order valence-electron chi connectivity index (χ1n) is 5.81. The number of carbonyl (C=O) groups excluding carboxylic acids is 1. The Morgan fingerprint density at radius 3 is 2.84 bits per heavy atom. The third-order valence-electron chi connectivity index (χ3n) is 2.56. The second-order valence-corrected chi connectivity index (χ2v) is 3.91. The molecule has 1 aromatic carbocycles. The summed E-state index contributed by atoms with van der Waals surface area (Å²) >= 11 is 0. The molecule has 0 unspecified atom stereocenters. The highest BCUT2D eigenvalue weighted by Crippen LogP contribution is 2.11. The molecule has 19 heavy (non-hydrogen) atoms. The zero-order chi connectivity index (χ0) is 13.7. The molecule has 0 aliphatic heterocycles. The van der Waals surface area contributed by atoms with Crippen LogP contribution in [0, 0.1) is 0 Å². The van der Waals surface area contributed by atoms with E-state index in [2.05, 4.69) is 20.6 Å². The van der Waals surface area contributed by atoms with Gasteiger partial charge in [-0.25, -0.2) is 4.79 Å². The number of pyridine rings is 1. The molecule has 0 saturated carbocycles. The summed E-state index contributed by atoms with van der Waals surface area (Å²) in [5, 5.41) is 6.43. The van der Waals surface area contributed by atoms with Crippen LogP contribution in [-0.4, -0.2) is 24.0 Å². The van der Waals surface area contributed by atoms with E-state index in [0.717, 1.165) is 16.6 Å². The summed E-state index contributed by atoms with van der Waals surface area (Å²) in [6.45, 7) is 0.456. The zero-order valence-corrected chi connectivity index (χ0v) is 10.6. The van der Waals surface area contributed by atoms with Crippen molar-refractivity contribution in [1.29, 1.82) is 0 Å². The lowest BCUT2D eigenvalue weighted by molar-refractivity contribution is 0.253. The molecule has 0 aliphatic rings. The van der Waals surface area contributed by atoms with Crippen molar-refractivity contribution in [2.24, 2.45) is 10.7 Å². The molecule has 2 rings (SSSR count). The number of para-hydroxylation sites is 1. The van der Waals surface area contributed by atoms with E-state index in [-0.39, 0.29) is 0 Å². The monoisotopic (exact) mass is 257 g/mol. The molecule has 0 spiro atoms. The minimum atomic E-state index is -0.653. The maximum absolute atomic E-state index is 10.7. The number of nitrogens with zero attached hydrogens (tertiary/aromatic N) is 2. The van der Waals surface area contributed by atoms with Gasteiger partial charge >= 0.3 is 6.03 Å². The van der Waals surface area contributed by atoms with Crippen LogP contribution in [-0.2, 0) is 6.54 Å². The molecule has 0 atom stereocenters. The summed E-state index contributed by atoms with van der Waals surface area (Å²) in [5.41, 5.74) is 6.81. The topological polar surface area (TPSA) is 92.4 Å². The first-order valence-corrected chi connectivity index (χ1v) is 5.81. The van der Waals surface area contributed by atoms with Crippen LogP contribution in [0.15, 0.2) is 41.4 Å². The first-order chi connectivity index (χ1) is 9.19. The number of urea groups is 1. The van der Waals surface area contributed by atoms with Gasteiger partial charge in [0.15, 0.2) is 5.96 Å². The fraction of sp³-hybridized carbons (Fsp3) is 0.154. The molecule has 4 N–H and O–H groups in total. The number of carbonyl (C=O) groups is 1. The Morgan fingerprint density at radius 2 is 2.11 bits per heavy atom. The van der Waals surface area contributed by atoms with Gasteiger partial charge < -0.3 is 11.1 Å². The minimum absolute atomic E-state index is 0.322. The molecule has 98 valence electrons. The second kappa shape index (κ2) is 5.81. The molecule has 0 saturated heterocycles. The van der Waals surface area contributed by atoms with Crippen LogP contribution in [0.3, 0.4) is 0 Å². The van der Waals surface area contributed by atoms with Crippen LogP contribution in [0.25, 0.3) is 10.9 Å². The summed E-state index contributed by atoms with van der Waals surface area (Å²) in [6, 6.07) is 11.2. The number of aromatic nitrogens is 1. The molecule has 6 heteroatoms. The third-order valence-corrected chi connectivity index (χ3v) is 2.56. The van der Waals surface area contributed by atoms with E-state index in [9.17, 15) is 4.79 Å². The van der Waals surface area contributed by atoms with Crippen LogP contribution in [0.4, 0.5) is 4.79 Å². The summed E-state index contributed by atoms with van der Waals surface area (Å²) < 4.78 is 0. The van der Waals surface area contributed by atoms with Gasteiger partial charge in [0.25, 0.3) is 0 Å². The number of nitrogens with one attached hydrogen (secondary N) is 2. The van der Waals surface area contributed by atoms with E-state index in [1.165, 1.54) is 0 Å². The van der Waals surface area contributed by atoms with Gasteiger partial charge in [-0.1, -0.05) is 24.3 Å². The number of hydrogen-bond acceptors (Lipinski definition) is 3. The van der Waals surface area contributed by atoms with Gasteiger partial charge in [-0.2, -0.15) is 0 Å². The number of benzene rings is 1. The van der Waals surface area contributed by atoms with Crippen molar-refractivity contribution in [2.45, 2.75) is 6.54 Å². The number of rotatable bonds is 2. The SMILES string of the molecule is CN=C(NCc1ccc2ccccc2n1)NC(N)=O. The number of amides is 2. The Morgan fingerprint density at radius 1 is 1.32 bits per heavy atom. The van der Waals surface area contributed by atoms with E-state index < -0.39 is 6.03 Å². The lowest BCUT2D eigenvalue weighted by atomic mass is 10.2. The lowest BCUT2D eigenvalue weighted by Gasteiger charge is -2.09. The molecule has 0 bridgehead atoms. The van der Waals surface area contributed by atoms with Crippen LogP contribution in [0.5, 0.6) is 0 Å². The summed E-state index contributed by atoms with van der Waals surface area (Å²) in [6.07, 6.45) is 0. The molecule has 2 aromatic rings. The lowest BCUT2D eigenvalue weighted by Crippen LogP contribution is -2.43. The minimum Gasteiger partial charge on any atom is -0.351 e. The van der Waals surface area contributed by atoms with E-state index in [1.807, 2.05) is 36.4 Å². The predicted molar refractivity (Wildman–Crippen MR) is 74.7 cm³/mol. The largest absolute Gasteiger partial charge is 0.351 e. The predicted octanol–water partition coefficient (Wildman–Crippen LogP) is 0.978. The Kier molecular flexibility index (Phi) is 3.92. The molecule has 6 nitrogen and oxygen atoms in total. The summed E-state index contributed by atoms with van der Waals surface area (Å²) in [5.74, 6) is 0.322. The van der Waals surface area contributed by atoms with Crippen LogP contribution < -0.4 is 16.4 Å². The molecular weight excluding hydrogens is 242 g/mol. The third kappa shape index (κ3) is 3.41. The number of primary amides is 1. The number of guanidine groups is 1. The standard InChI is InChI=1S/C13H15N5O/c1-15-13(18-12(14)19)16-8-10-7-6-9-4-2-3-5-11(9)17-10/h2-7H,8H2,1H3,(H4,14,15,16,18,19). The highest BCUT2D eigenvalue weighted by molar-refractivity contribution is 5.95. The highest BCUT2D eigenvalue weighted by atomic mass is 16.2. The van der Waals surface area contributed by atoms with Crippen LogP contribution in [0.2, 0.25) is 0 Å². The van der Waals surface area contributed by atoms with Crippen LogP contribution in [0.1, 0.15) is 5.69 Å². The molecule has 1 heterocycles. The van der Waals surface area contributed by atoms with Gasteiger partial charge in [-0.15, -0.1) is 0 Å². The van der Waals surface area contributed by atoms with E-state index >= 15 is 0 Å². The summed E-state index contributed by atoms with van der Waals surface area (Å²) in [7, 11) is 1.56. The number of fused-ring (bicyclic) bond motifs is 1. The Balaban J connectivity index is 2.07. The molecule has 0 aliphatic carbocycles. The van der Waals surface area contributed by atoms with Crippen LogP contribution >= 0.6 is 0 Å². The van der Waals surface area contributed by atoms with Crippen molar-refractivity contribution in [2.75, 3.05) is 7.05 Å². The van der Waals surface area contributed by atoms with Crippen molar-refractivity contribution >= 4 is 22.9 Å². The van der Waals surface area contributed by atoms with Crippen molar-refractivity contribution in [3.63, 3.8) is 0 Å². The first kappa shape index (κ1) is 12.8. The maximum atomic E-state index is 10.7. The normalized spacial score (nSPS) is 11.3. The van der Waals surface area contributed by atoms with Crippen molar-refractivity contribution in [3.8, 4) is 0 Å². The fourth-order valence-electron chi connectivity index (χ4n) is 1.68. The Bertz CT molecular complexity index is 623. The van der Waals surface area contributed by atoms with Crippen molar-refractivity contribution in [3.05, 3.63) is 42.1 Å². The van der Waals surface area contributed by atoms with E-state index in [4.69, 9.17) is 5.73 Å². The average Bonchev–Trinajstić information content (AvgIpc) is 2.42. The van der Waals surface area contributed by atoms with E-state index in [1.54, 1.807) is 7.05 Å². The van der Waals surface area contributed by atoms with Gasteiger partial charge in [-0.3, -0.25) is 15.3 Å². The second-order valence-electron chi connectivity index (χ2n) is 3.91. The zero-order valence-electron chi connectivity index (χ0n) is 10.6. The average molecular weight is 257 g/mol. The number of nitrogens with two attached hydrogens (primary N) is 1. The van der Waals surface area contributed by atoms with E-state index in [0.29, 0.717) is 12.5 Å². The van der Waals surface area contributed by atoms with Gasteiger partial charge in [0.1, 0.15) is 0 Å². The Labute approximate surface area is 110 Å². The number of hydrogen-bond donors (Lipinski definition) is 3. The van der Waals surface area contributed by atoms with Crippen molar-refractivity contribution in [1.82, 2.24) is 15.6 Å². The van der Waals surface area contributed by atoms with Gasteiger partial charge in [0, 0.05) is 12.4 Å². The van der Waals surface area contributed by atoms with Gasteiger partial charge in [0.05, 0.1) is 17.8 Å². The van der Waals surface area contributed by atoms with Crippen molar-refractivity contribution < 1.29 is 4.79 Å². The quantitative estimate of drug-likeness (QED) is 0.553. The molecular formula is C13H15N5O. The highest BCUT2D eigenvalue weighted by Gasteiger charge is 2.02. The molecule has 2 amide bonds.